The number of rotatable bonds is 6. The van der Waals surface area contributed by atoms with Crippen molar-refractivity contribution < 1.29 is 5.11 Å². The van der Waals surface area contributed by atoms with Gasteiger partial charge < -0.3 is 10.4 Å². The smallest absolute Gasteiger partial charge is 0.0580 e. The number of aliphatic hydroxyl groups excluding tert-OH is 1. The van der Waals surface area contributed by atoms with Crippen molar-refractivity contribution in [1.82, 2.24) is 5.32 Å². The summed E-state index contributed by atoms with van der Waals surface area (Å²) in [5, 5.41) is 13.5. The van der Waals surface area contributed by atoms with Gasteiger partial charge in [0.05, 0.1) is 6.10 Å². The predicted octanol–water partition coefficient (Wildman–Crippen LogP) is 3.45. The van der Waals surface area contributed by atoms with Crippen LogP contribution >= 0.6 is 0 Å². The molecule has 0 aromatic heterocycles. The Balaban J connectivity index is 1.91. The highest BCUT2D eigenvalue weighted by Crippen LogP contribution is 2.26. The lowest BCUT2D eigenvalue weighted by Gasteiger charge is -2.22. The van der Waals surface area contributed by atoms with E-state index < -0.39 is 0 Å². The molecule has 0 bridgehead atoms. The van der Waals surface area contributed by atoms with E-state index >= 15 is 0 Å². The van der Waals surface area contributed by atoms with Crippen LogP contribution < -0.4 is 5.32 Å². The number of nitrogens with one attached hydrogen (secondary N) is 1. The number of aryl methyl sites for hydroxylation is 1. The molecular weight excluding hydrogens is 234 g/mol. The van der Waals surface area contributed by atoms with Gasteiger partial charge in [0, 0.05) is 12.6 Å². The Bertz CT molecular complexity index is 373. The van der Waals surface area contributed by atoms with E-state index in [1.807, 2.05) is 0 Å². The van der Waals surface area contributed by atoms with E-state index in [9.17, 15) is 5.11 Å². The number of hydrogen-bond donors (Lipinski definition) is 2. The monoisotopic (exact) mass is 261 g/mol. The van der Waals surface area contributed by atoms with Crippen molar-refractivity contribution in [2.75, 3.05) is 6.54 Å². The van der Waals surface area contributed by atoms with Crippen LogP contribution in [0, 0.1) is 5.92 Å². The first-order valence-corrected chi connectivity index (χ1v) is 7.74. The van der Waals surface area contributed by atoms with Crippen molar-refractivity contribution in [1.29, 1.82) is 0 Å². The lowest BCUT2D eigenvalue weighted by Crippen LogP contribution is -2.30. The minimum Gasteiger partial charge on any atom is -0.393 e. The van der Waals surface area contributed by atoms with Crippen LogP contribution in [0.3, 0.4) is 0 Å². The zero-order valence-corrected chi connectivity index (χ0v) is 12.2. The minimum absolute atomic E-state index is 0.0903. The summed E-state index contributed by atoms with van der Waals surface area (Å²) in [5.74, 6) is 0.448. The molecular formula is C17H27NO. The standard InChI is InChI=1S/C17H27NO/c1-3-13-8-10-14(11-9-13)16(4-2)18-12-15-6-5-7-17(15)19/h8-11,15-19H,3-7,12H2,1-2H3. The topological polar surface area (TPSA) is 32.3 Å². The van der Waals surface area contributed by atoms with Gasteiger partial charge in [-0.05, 0) is 42.7 Å². The average Bonchev–Trinajstić information content (AvgIpc) is 2.86. The van der Waals surface area contributed by atoms with Gasteiger partial charge in [0.2, 0.25) is 0 Å². The third kappa shape index (κ3) is 3.80. The molecule has 2 nitrogen and oxygen atoms in total. The van der Waals surface area contributed by atoms with Crippen LogP contribution in [0.2, 0.25) is 0 Å². The van der Waals surface area contributed by atoms with Crippen molar-refractivity contribution in [3.05, 3.63) is 35.4 Å². The van der Waals surface area contributed by atoms with Gasteiger partial charge in [-0.15, -0.1) is 0 Å². The lowest BCUT2D eigenvalue weighted by atomic mass is 10.00. The van der Waals surface area contributed by atoms with Crippen molar-refractivity contribution in [3.8, 4) is 0 Å². The van der Waals surface area contributed by atoms with E-state index in [1.165, 1.54) is 24.0 Å². The molecule has 0 radical (unpaired) electrons. The number of benzene rings is 1. The Kier molecular flexibility index (Phi) is 5.41. The molecule has 0 aliphatic heterocycles. The summed E-state index contributed by atoms with van der Waals surface area (Å²) in [7, 11) is 0. The van der Waals surface area contributed by atoms with Gasteiger partial charge in [0.15, 0.2) is 0 Å². The Hall–Kier alpha value is -0.860. The quantitative estimate of drug-likeness (QED) is 0.822. The van der Waals surface area contributed by atoms with Crippen molar-refractivity contribution in [3.63, 3.8) is 0 Å². The third-order valence-electron chi connectivity index (χ3n) is 4.44. The molecule has 1 aliphatic rings. The molecule has 0 heterocycles. The van der Waals surface area contributed by atoms with Crippen LogP contribution in [0.25, 0.3) is 0 Å². The van der Waals surface area contributed by atoms with Gasteiger partial charge >= 0.3 is 0 Å². The van der Waals surface area contributed by atoms with Crippen LogP contribution in [-0.2, 0) is 6.42 Å². The van der Waals surface area contributed by atoms with Crippen molar-refractivity contribution in [2.45, 2.75) is 58.1 Å². The molecule has 1 fully saturated rings. The third-order valence-corrected chi connectivity index (χ3v) is 4.44. The predicted molar refractivity (Wildman–Crippen MR) is 80.2 cm³/mol. The lowest BCUT2D eigenvalue weighted by molar-refractivity contribution is 0.129. The fourth-order valence-electron chi connectivity index (χ4n) is 3.03. The molecule has 1 saturated carbocycles. The fraction of sp³-hybridized carbons (Fsp3) is 0.647. The first-order valence-electron chi connectivity index (χ1n) is 7.74. The second-order valence-electron chi connectivity index (χ2n) is 5.72. The minimum atomic E-state index is -0.0903. The molecule has 3 atom stereocenters. The van der Waals surface area contributed by atoms with Crippen LogP contribution in [0.4, 0.5) is 0 Å². The van der Waals surface area contributed by atoms with Crippen LogP contribution in [0.5, 0.6) is 0 Å². The molecule has 1 aromatic rings. The van der Waals surface area contributed by atoms with E-state index in [1.54, 1.807) is 0 Å². The molecule has 0 amide bonds. The Morgan fingerprint density at radius 1 is 1.21 bits per heavy atom. The Morgan fingerprint density at radius 3 is 2.47 bits per heavy atom. The van der Waals surface area contributed by atoms with Crippen molar-refractivity contribution >= 4 is 0 Å². The summed E-state index contributed by atoms with van der Waals surface area (Å²) < 4.78 is 0. The zero-order chi connectivity index (χ0) is 13.7. The van der Waals surface area contributed by atoms with E-state index in [0.29, 0.717) is 12.0 Å². The second kappa shape index (κ2) is 7.06. The van der Waals surface area contributed by atoms with Gasteiger partial charge in [0.1, 0.15) is 0 Å². The summed E-state index contributed by atoms with van der Waals surface area (Å²) in [6.07, 6.45) is 5.42. The van der Waals surface area contributed by atoms with Crippen molar-refractivity contribution in [2.24, 2.45) is 5.92 Å². The summed E-state index contributed by atoms with van der Waals surface area (Å²) in [4.78, 5) is 0. The first kappa shape index (κ1) is 14.5. The molecule has 2 rings (SSSR count). The molecule has 106 valence electrons. The van der Waals surface area contributed by atoms with Gasteiger partial charge in [0.25, 0.3) is 0 Å². The number of hydrogen-bond acceptors (Lipinski definition) is 2. The van der Waals surface area contributed by atoms with E-state index in [0.717, 1.165) is 25.8 Å². The van der Waals surface area contributed by atoms with Gasteiger partial charge in [-0.1, -0.05) is 44.5 Å². The number of aliphatic hydroxyl groups is 1. The molecule has 1 aliphatic carbocycles. The van der Waals surface area contributed by atoms with Gasteiger partial charge in [-0.25, -0.2) is 0 Å². The van der Waals surface area contributed by atoms with Crippen LogP contribution in [0.15, 0.2) is 24.3 Å². The summed E-state index contributed by atoms with van der Waals surface area (Å²) in [6, 6.07) is 9.35. The SMILES string of the molecule is CCc1ccc(C(CC)NCC2CCCC2O)cc1. The van der Waals surface area contributed by atoms with Gasteiger partial charge in [-0.2, -0.15) is 0 Å². The van der Waals surface area contributed by atoms with E-state index in [4.69, 9.17) is 0 Å². The van der Waals surface area contributed by atoms with E-state index in [2.05, 4.69) is 43.4 Å². The maximum atomic E-state index is 9.87. The van der Waals surface area contributed by atoms with E-state index in [-0.39, 0.29) is 6.10 Å². The normalized spacial score (nSPS) is 24.6. The highest BCUT2D eigenvalue weighted by molar-refractivity contribution is 5.25. The molecule has 2 heteroatoms. The van der Waals surface area contributed by atoms with Crippen LogP contribution in [-0.4, -0.2) is 17.8 Å². The zero-order valence-electron chi connectivity index (χ0n) is 12.2. The highest BCUT2D eigenvalue weighted by Gasteiger charge is 2.25. The largest absolute Gasteiger partial charge is 0.393 e. The highest BCUT2D eigenvalue weighted by atomic mass is 16.3. The second-order valence-corrected chi connectivity index (χ2v) is 5.72. The molecule has 1 aromatic carbocycles. The molecule has 19 heavy (non-hydrogen) atoms. The molecule has 2 N–H and O–H groups in total. The summed E-state index contributed by atoms with van der Waals surface area (Å²) in [5.41, 5.74) is 2.76. The maximum absolute atomic E-state index is 9.87. The molecule has 0 saturated heterocycles. The maximum Gasteiger partial charge on any atom is 0.0580 e. The summed E-state index contributed by atoms with van der Waals surface area (Å²) >= 11 is 0. The average molecular weight is 261 g/mol. The molecule has 0 spiro atoms. The van der Waals surface area contributed by atoms with Crippen LogP contribution in [0.1, 0.15) is 56.7 Å². The molecule has 3 unspecified atom stereocenters. The Labute approximate surface area is 117 Å². The fourth-order valence-corrected chi connectivity index (χ4v) is 3.03. The van der Waals surface area contributed by atoms with Gasteiger partial charge in [-0.3, -0.25) is 0 Å². The summed E-state index contributed by atoms with van der Waals surface area (Å²) in [6.45, 7) is 5.34. The Morgan fingerprint density at radius 2 is 1.95 bits per heavy atom. The first-order chi connectivity index (χ1) is 9.24.